The van der Waals surface area contributed by atoms with E-state index in [1.54, 1.807) is 0 Å². The summed E-state index contributed by atoms with van der Waals surface area (Å²) in [5, 5.41) is 0. The van der Waals surface area contributed by atoms with Gasteiger partial charge in [0.2, 0.25) is 0 Å². The molecule has 2 aliphatic carbocycles. The summed E-state index contributed by atoms with van der Waals surface area (Å²) in [5.41, 5.74) is 0.330. The quantitative estimate of drug-likeness (QED) is 0.629. The van der Waals surface area contributed by atoms with E-state index in [0.717, 1.165) is 38.5 Å². The second kappa shape index (κ2) is 9.59. The molecule has 0 aliphatic heterocycles. The fourth-order valence-electron chi connectivity index (χ4n) is 4.13. The Morgan fingerprint density at radius 2 is 1.44 bits per heavy atom. The zero-order valence-corrected chi connectivity index (χ0v) is 16.4. The Morgan fingerprint density at radius 1 is 0.840 bits per heavy atom. The van der Waals surface area contributed by atoms with Crippen molar-refractivity contribution in [2.75, 3.05) is 6.61 Å². The molecule has 0 bridgehead atoms. The van der Waals surface area contributed by atoms with Gasteiger partial charge in [0.05, 0.1) is 19.4 Å². The molecular weight excluding hydrogens is 316 g/mol. The minimum Gasteiger partial charge on any atom is -0.465 e. The van der Waals surface area contributed by atoms with Gasteiger partial charge in [0.25, 0.3) is 0 Å². The van der Waals surface area contributed by atoms with Gasteiger partial charge in [0.1, 0.15) is 6.10 Å². The van der Waals surface area contributed by atoms with Crippen LogP contribution in [-0.2, 0) is 19.1 Å². The minimum absolute atomic E-state index is 0.0318. The second-order valence-corrected chi connectivity index (χ2v) is 9.02. The molecule has 0 spiro atoms. The van der Waals surface area contributed by atoms with Crippen molar-refractivity contribution in [3.8, 4) is 0 Å². The van der Waals surface area contributed by atoms with Crippen LogP contribution in [0.1, 0.15) is 91.4 Å². The summed E-state index contributed by atoms with van der Waals surface area (Å²) in [7, 11) is 0. The molecule has 2 rings (SSSR count). The molecule has 2 fully saturated rings. The molecule has 2 aliphatic rings. The van der Waals surface area contributed by atoms with Crippen LogP contribution in [0.4, 0.5) is 0 Å². The van der Waals surface area contributed by atoms with Gasteiger partial charge in [-0.05, 0) is 55.8 Å². The first-order valence-electron chi connectivity index (χ1n) is 10.2. The molecule has 2 saturated carbocycles. The van der Waals surface area contributed by atoms with E-state index in [4.69, 9.17) is 9.47 Å². The van der Waals surface area contributed by atoms with Gasteiger partial charge in [-0.1, -0.05) is 40.0 Å². The summed E-state index contributed by atoms with van der Waals surface area (Å²) in [4.78, 5) is 23.8. The van der Waals surface area contributed by atoms with Gasteiger partial charge >= 0.3 is 11.9 Å². The molecule has 0 amide bonds. The van der Waals surface area contributed by atoms with E-state index in [-0.39, 0.29) is 30.9 Å². The number of ether oxygens (including phenoxy) is 2. The Hall–Kier alpha value is -1.06. The highest BCUT2D eigenvalue weighted by Gasteiger charge is 2.31. The van der Waals surface area contributed by atoms with Gasteiger partial charge in [-0.25, -0.2) is 0 Å². The maximum Gasteiger partial charge on any atom is 0.306 e. The molecule has 0 N–H and O–H groups in total. The Balaban J connectivity index is 1.57. The predicted molar refractivity (Wildman–Crippen MR) is 98.1 cm³/mol. The normalized spacial score (nSPS) is 25.4. The SMILES string of the molecule is CC(C)(C)C1CCC(OC(=O)CCC(=O)OCC2CCCCC2)CC1. The number of esters is 2. The van der Waals surface area contributed by atoms with Crippen molar-refractivity contribution in [2.24, 2.45) is 17.3 Å². The van der Waals surface area contributed by atoms with Crippen LogP contribution < -0.4 is 0 Å². The maximum absolute atomic E-state index is 12.0. The average molecular weight is 353 g/mol. The Bertz CT molecular complexity index is 424. The monoisotopic (exact) mass is 352 g/mol. The van der Waals surface area contributed by atoms with Crippen LogP contribution in [0.5, 0.6) is 0 Å². The molecule has 0 saturated heterocycles. The lowest BCUT2D eigenvalue weighted by Crippen LogP contribution is -2.30. The smallest absolute Gasteiger partial charge is 0.306 e. The largest absolute Gasteiger partial charge is 0.465 e. The van der Waals surface area contributed by atoms with E-state index in [1.165, 1.54) is 19.3 Å². The third-order valence-electron chi connectivity index (χ3n) is 5.94. The van der Waals surface area contributed by atoms with E-state index in [1.807, 2.05) is 0 Å². The standard InChI is InChI=1S/C21H36O4/c1-21(2,3)17-9-11-18(12-10-17)25-20(23)14-13-19(22)24-15-16-7-5-4-6-8-16/h16-18H,4-15H2,1-3H3. The predicted octanol–water partition coefficient (Wildman–Crippen LogP) is 5.04. The van der Waals surface area contributed by atoms with Crippen LogP contribution in [-0.4, -0.2) is 24.6 Å². The van der Waals surface area contributed by atoms with Crippen molar-refractivity contribution in [1.82, 2.24) is 0 Å². The van der Waals surface area contributed by atoms with Crippen molar-refractivity contribution in [3.05, 3.63) is 0 Å². The zero-order chi connectivity index (χ0) is 18.3. The van der Waals surface area contributed by atoms with E-state index in [9.17, 15) is 9.59 Å². The van der Waals surface area contributed by atoms with Gasteiger partial charge in [-0.15, -0.1) is 0 Å². The third-order valence-corrected chi connectivity index (χ3v) is 5.94. The lowest BCUT2D eigenvalue weighted by molar-refractivity contribution is -0.155. The summed E-state index contributed by atoms with van der Waals surface area (Å²) >= 11 is 0. The van der Waals surface area contributed by atoms with Crippen LogP contribution in [0.15, 0.2) is 0 Å². The van der Waals surface area contributed by atoms with Crippen LogP contribution in [0.2, 0.25) is 0 Å². The highest BCUT2D eigenvalue weighted by atomic mass is 16.5. The van der Waals surface area contributed by atoms with Crippen LogP contribution >= 0.6 is 0 Å². The lowest BCUT2D eigenvalue weighted by atomic mass is 9.72. The van der Waals surface area contributed by atoms with Crippen LogP contribution in [0, 0.1) is 17.3 Å². The first-order valence-corrected chi connectivity index (χ1v) is 10.2. The highest BCUT2D eigenvalue weighted by Crippen LogP contribution is 2.38. The van der Waals surface area contributed by atoms with Gasteiger partial charge in [0.15, 0.2) is 0 Å². The van der Waals surface area contributed by atoms with E-state index >= 15 is 0 Å². The number of carbonyl (C=O) groups is 2. The molecule has 25 heavy (non-hydrogen) atoms. The first-order chi connectivity index (χ1) is 11.8. The zero-order valence-electron chi connectivity index (χ0n) is 16.4. The number of rotatable bonds is 6. The van der Waals surface area contributed by atoms with Crippen molar-refractivity contribution in [2.45, 2.75) is 97.5 Å². The molecule has 0 radical (unpaired) electrons. The van der Waals surface area contributed by atoms with E-state index in [0.29, 0.717) is 23.9 Å². The molecule has 0 unspecified atom stereocenters. The van der Waals surface area contributed by atoms with Gasteiger partial charge < -0.3 is 9.47 Å². The first kappa shape index (κ1) is 20.3. The van der Waals surface area contributed by atoms with Crippen molar-refractivity contribution < 1.29 is 19.1 Å². The Kier molecular flexibility index (Phi) is 7.77. The van der Waals surface area contributed by atoms with Crippen molar-refractivity contribution in [1.29, 1.82) is 0 Å². The fourth-order valence-corrected chi connectivity index (χ4v) is 4.13. The molecular formula is C21H36O4. The molecule has 0 atom stereocenters. The highest BCUT2D eigenvalue weighted by molar-refractivity contribution is 5.77. The number of carbonyl (C=O) groups excluding carboxylic acids is 2. The van der Waals surface area contributed by atoms with Crippen molar-refractivity contribution >= 4 is 11.9 Å². The van der Waals surface area contributed by atoms with Gasteiger partial charge in [-0.3, -0.25) is 9.59 Å². The number of hydrogen-bond donors (Lipinski definition) is 0. The second-order valence-electron chi connectivity index (χ2n) is 9.02. The molecule has 4 heteroatoms. The Morgan fingerprint density at radius 3 is 2.04 bits per heavy atom. The maximum atomic E-state index is 12.0. The Labute approximate surface area is 153 Å². The molecule has 0 aromatic heterocycles. The summed E-state index contributed by atoms with van der Waals surface area (Å²) in [6.45, 7) is 7.36. The van der Waals surface area contributed by atoms with E-state index in [2.05, 4.69) is 20.8 Å². The summed E-state index contributed by atoms with van der Waals surface area (Å²) < 4.78 is 10.9. The third kappa shape index (κ3) is 7.37. The lowest BCUT2D eigenvalue weighted by Gasteiger charge is -2.36. The molecule has 4 nitrogen and oxygen atoms in total. The van der Waals surface area contributed by atoms with Gasteiger partial charge in [0, 0.05) is 0 Å². The fraction of sp³-hybridized carbons (Fsp3) is 0.905. The van der Waals surface area contributed by atoms with Crippen molar-refractivity contribution in [3.63, 3.8) is 0 Å². The minimum atomic E-state index is -0.265. The topological polar surface area (TPSA) is 52.6 Å². The molecule has 0 aromatic rings. The van der Waals surface area contributed by atoms with Crippen LogP contribution in [0.25, 0.3) is 0 Å². The molecule has 0 aromatic carbocycles. The van der Waals surface area contributed by atoms with Gasteiger partial charge in [-0.2, -0.15) is 0 Å². The summed E-state index contributed by atoms with van der Waals surface area (Å²) in [6, 6.07) is 0. The summed E-state index contributed by atoms with van der Waals surface area (Å²) in [5.74, 6) is 0.702. The molecule has 0 heterocycles. The summed E-state index contributed by atoms with van der Waals surface area (Å²) in [6.07, 6.45) is 10.5. The number of hydrogen-bond acceptors (Lipinski definition) is 4. The van der Waals surface area contributed by atoms with E-state index < -0.39 is 0 Å². The average Bonchev–Trinajstić information content (AvgIpc) is 2.59. The van der Waals surface area contributed by atoms with Crippen LogP contribution in [0.3, 0.4) is 0 Å². The molecule has 144 valence electrons.